The zero-order chi connectivity index (χ0) is 48.5. The second kappa shape index (κ2) is 16.4. The predicted molar refractivity (Wildman–Crippen MR) is 236 cm³/mol. The van der Waals surface area contributed by atoms with Crippen molar-refractivity contribution >= 4 is 91.9 Å². The summed E-state index contributed by atoms with van der Waals surface area (Å²) in [6.45, 7) is 0. The van der Waals surface area contributed by atoms with Gasteiger partial charge >= 0.3 is 6.01 Å². The van der Waals surface area contributed by atoms with E-state index >= 15 is 0 Å². The lowest BCUT2D eigenvalue weighted by Gasteiger charge is -2.26. The molecule has 0 bridgehead atoms. The third kappa shape index (κ3) is 8.70. The average Bonchev–Trinajstić information content (AvgIpc) is 3.25. The third-order valence-corrected chi connectivity index (χ3v) is 13.7. The first-order chi connectivity index (χ1) is 31.3. The number of nitrogens with zero attached hydrogens (tertiary/aromatic N) is 4. The van der Waals surface area contributed by atoms with Crippen molar-refractivity contribution < 1.29 is 66.2 Å². The maximum atomic E-state index is 14.6. The minimum absolute atomic E-state index is 0.0173. The van der Waals surface area contributed by atoms with Gasteiger partial charge in [0, 0.05) is 36.2 Å². The number of nitrogens with one attached hydrogen (secondary N) is 3. The van der Waals surface area contributed by atoms with E-state index in [1.807, 2.05) is 0 Å². The van der Waals surface area contributed by atoms with Crippen LogP contribution in [0, 0.1) is 0 Å². The Morgan fingerprint density at radius 3 is 1.84 bits per heavy atom. The van der Waals surface area contributed by atoms with E-state index in [4.69, 9.17) is 4.74 Å². The van der Waals surface area contributed by atoms with Crippen molar-refractivity contribution in [3.8, 4) is 22.9 Å². The molecule has 0 fully saturated rings. The van der Waals surface area contributed by atoms with Crippen LogP contribution in [0.3, 0.4) is 0 Å². The highest BCUT2D eigenvalue weighted by Gasteiger charge is 2.35. The van der Waals surface area contributed by atoms with Crippen LogP contribution in [-0.4, -0.2) is 90.0 Å². The molecule has 0 radical (unpaired) electrons. The Morgan fingerprint density at radius 1 is 0.612 bits per heavy atom. The van der Waals surface area contributed by atoms with Crippen LogP contribution < -0.4 is 26.2 Å². The highest BCUT2D eigenvalue weighted by Crippen LogP contribution is 2.45. The first kappa shape index (κ1) is 46.0. The molecule has 67 heavy (non-hydrogen) atoms. The molecule has 8 rings (SSSR count). The summed E-state index contributed by atoms with van der Waals surface area (Å²) in [7, 11) is -17.5. The lowest BCUT2D eigenvalue weighted by Crippen LogP contribution is -2.29. The van der Waals surface area contributed by atoms with Crippen LogP contribution in [0.2, 0.25) is 0 Å². The molecule has 344 valence electrons. The molecule has 2 aromatic heterocycles. The van der Waals surface area contributed by atoms with Crippen LogP contribution in [0.15, 0.2) is 121 Å². The van der Waals surface area contributed by atoms with Gasteiger partial charge in [-0.3, -0.25) is 32.6 Å². The monoisotopic (exact) mass is 991 g/mol. The van der Waals surface area contributed by atoms with Gasteiger partial charge < -0.3 is 25.3 Å². The lowest BCUT2D eigenvalue weighted by molar-refractivity contribution is 0.102. The van der Waals surface area contributed by atoms with E-state index in [0.29, 0.717) is 6.07 Å². The van der Waals surface area contributed by atoms with Gasteiger partial charge in [0.2, 0.25) is 11.9 Å². The van der Waals surface area contributed by atoms with Gasteiger partial charge in [-0.2, -0.15) is 48.6 Å². The average molecular weight is 992 g/mol. The molecule has 23 nitrogen and oxygen atoms in total. The van der Waals surface area contributed by atoms with Crippen molar-refractivity contribution in [2.24, 2.45) is 7.05 Å². The Bertz CT molecular complexity index is 3850. The van der Waals surface area contributed by atoms with Gasteiger partial charge in [0.15, 0.2) is 11.6 Å². The second-order valence-electron chi connectivity index (χ2n) is 14.3. The maximum Gasteiger partial charge on any atom is 0.328 e. The van der Waals surface area contributed by atoms with Crippen LogP contribution in [0.25, 0.3) is 22.0 Å². The van der Waals surface area contributed by atoms with Crippen LogP contribution in [-0.2, 0) is 47.5 Å². The number of carbonyl (C=O) groups excluding carboxylic acids is 2. The zero-order valence-electron chi connectivity index (χ0n) is 33.8. The fourth-order valence-corrected chi connectivity index (χ4v) is 9.62. The number of carbonyl (C=O) groups is 2. The molecule has 0 atom stereocenters. The number of rotatable bonds is 13. The van der Waals surface area contributed by atoms with Crippen molar-refractivity contribution in [1.29, 1.82) is 0 Å². The molecule has 0 saturated carbocycles. The quantitative estimate of drug-likeness (QED) is 0.0618. The summed E-state index contributed by atoms with van der Waals surface area (Å²) in [5, 5.41) is 7.87. The molecule has 27 heteroatoms. The number of fused-ring (bicyclic) bond motifs is 2. The Hall–Kier alpha value is -7.50. The summed E-state index contributed by atoms with van der Waals surface area (Å²) in [6, 6.07) is 17.8. The second-order valence-corrected chi connectivity index (χ2v) is 19.9. The highest BCUT2D eigenvalue weighted by atomic mass is 32.2. The number of pyridine rings is 1. The summed E-state index contributed by atoms with van der Waals surface area (Å²) in [5.74, 6) is -2.46. The number of anilines is 5. The number of hydrogen-bond acceptors (Lipinski definition) is 18. The fraction of sp³-hybridized carbons (Fsp3) is 0.0500. The number of benzene rings is 5. The topological polar surface area (TPSA) is 358 Å². The summed E-state index contributed by atoms with van der Waals surface area (Å²) >= 11 is 0. The Labute approximate surface area is 378 Å². The van der Waals surface area contributed by atoms with Crippen LogP contribution in [0.4, 0.5) is 29.0 Å². The summed E-state index contributed by atoms with van der Waals surface area (Å²) < 4.78 is 145. The normalized spacial score (nSPS) is 12.7. The molecule has 0 aliphatic heterocycles. The van der Waals surface area contributed by atoms with Crippen LogP contribution in [0.1, 0.15) is 31.8 Å². The molecule has 0 amide bonds. The van der Waals surface area contributed by atoms with Gasteiger partial charge in [-0.15, -0.1) is 0 Å². The third-order valence-electron chi connectivity index (χ3n) is 10.2. The van der Waals surface area contributed by atoms with Gasteiger partial charge in [-0.05, 0) is 66.2 Å². The number of aromatic nitrogens is 4. The highest BCUT2D eigenvalue weighted by molar-refractivity contribution is 7.87. The number of aryl methyl sites for hydroxylation is 1. The summed E-state index contributed by atoms with van der Waals surface area (Å²) in [4.78, 5) is 51.9. The zero-order valence-corrected chi connectivity index (χ0v) is 37.1. The minimum Gasteiger partial charge on any atom is -0.424 e. The molecule has 5 aromatic carbocycles. The minimum atomic E-state index is -5.41. The van der Waals surface area contributed by atoms with Crippen LogP contribution in [0.5, 0.6) is 11.8 Å². The molecule has 7 N–H and O–H groups in total. The first-order valence-electron chi connectivity index (χ1n) is 18.7. The molecule has 1 aliphatic rings. The van der Waals surface area contributed by atoms with E-state index in [-0.39, 0.29) is 56.1 Å². The predicted octanol–water partition coefficient (Wildman–Crippen LogP) is 4.47. The standard InChI is InChI=1S/C40H29N7O16S4/c1-41-38-44-39(46-40(45-38)63-20-10-12-21(13-11-20)64(51,52)53)43-27-17-26(29(66(57,58)59)18-30(27)67(60,61)62)42-25-14-15-28-33-31(23-8-3-4-9-24(23)36(49)32(25)33)34(37(50)47(28)2)35(48)19-6-5-7-22(16-19)65(54,55)56/h3-18,42H,1-2H3,(H,51,52,53)(H,54,55,56)(H,57,58,59)(H,60,61,62)(H2,41,43,44,45,46). The van der Waals surface area contributed by atoms with Gasteiger partial charge in [-0.25, -0.2) is 0 Å². The van der Waals surface area contributed by atoms with Crippen LogP contribution >= 0.6 is 0 Å². The van der Waals surface area contributed by atoms with Crippen molar-refractivity contribution in [3.63, 3.8) is 0 Å². The fourth-order valence-electron chi connectivity index (χ4n) is 7.23. The summed E-state index contributed by atoms with van der Waals surface area (Å²) in [5.41, 5.74) is -3.33. The lowest BCUT2D eigenvalue weighted by atomic mass is 9.80. The Morgan fingerprint density at radius 2 is 1.22 bits per heavy atom. The van der Waals surface area contributed by atoms with Gasteiger partial charge in [-0.1, -0.05) is 36.4 Å². The number of ketones is 2. The molecular formula is C40H29N7O16S4. The maximum absolute atomic E-state index is 14.6. The molecule has 2 heterocycles. The number of hydrogen-bond donors (Lipinski definition) is 7. The van der Waals surface area contributed by atoms with E-state index in [9.17, 15) is 66.3 Å². The van der Waals surface area contributed by atoms with E-state index in [2.05, 4.69) is 30.9 Å². The molecule has 7 aromatic rings. The van der Waals surface area contributed by atoms with Crippen molar-refractivity contribution in [1.82, 2.24) is 19.5 Å². The van der Waals surface area contributed by atoms with E-state index < -0.39 is 106 Å². The van der Waals surface area contributed by atoms with Gasteiger partial charge in [0.1, 0.15) is 15.5 Å². The molecule has 0 saturated heterocycles. The van der Waals surface area contributed by atoms with E-state index in [1.165, 1.54) is 62.6 Å². The molecule has 0 spiro atoms. The molecule has 1 aliphatic carbocycles. The molecular weight excluding hydrogens is 963 g/mol. The van der Waals surface area contributed by atoms with Crippen molar-refractivity contribution in [2.45, 2.75) is 19.6 Å². The van der Waals surface area contributed by atoms with Crippen molar-refractivity contribution in [3.05, 3.63) is 130 Å². The summed E-state index contributed by atoms with van der Waals surface area (Å²) in [6.07, 6.45) is 0. The first-order valence-corrected chi connectivity index (χ1v) is 24.4. The van der Waals surface area contributed by atoms with E-state index in [1.54, 1.807) is 0 Å². The smallest absolute Gasteiger partial charge is 0.328 e. The largest absolute Gasteiger partial charge is 0.424 e. The van der Waals surface area contributed by atoms with Gasteiger partial charge in [0.25, 0.3) is 46.0 Å². The Kier molecular flexibility index (Phi) is 11.3. The van der Waals surface area contributed by atoms with E-state index in [0.717, 1.165) is 47.0 Å². The van der Waals surface area contributed by atoms with Gasteiger partial charge in [0.05, 0.1) is 43.5 Å². The Balaban J connectivity index is 1.31. The SMILES string of the molecule is CNc1nc(Nc2cc(Nc3ccc4c5c3C(=O)c3ccccc3-c5c(C(=O)c3cccc(S(=O)(=O)O)c3)c(=O)n4C)c(S(=O)(=O)O)cc2S(=O)(=O)O)nc(Oc2ccc(S(=O)(=O)O)cc2)n1. The molecule has 0 unspecified atom stereocenters. The van der Waals surface area contributed by atoms with Crippen molar-refractivity contribution in [2.75, 3.05) is 23.0 Å². The number of ether oxygens (including phenoxy) is 1.